The van der Waals surface area contributed by atoms with Crippen LogP contribution in [0.5, 0.6) is 0 Å². The molecule has 0 aromatic carbocycles. The van der Waals surface area contributed by atoms with Crippen molar-refractivity contribution in [2.24, 2.45) is 5.92 Å². The second kappa shape index (κ2) is 7.00. The molecule has 9 heteroatoms. The van der Waals surface area contributed by atoms with Gasteiger partial charge in [-0.2, -0.15) is 15.3 Å². The summed E-state index contributed by atoms with van der Waals surface area (Å²) in [5.41, 5.74) is 1.47. The van der Waals surface area contributed by atoms with Gasteiger partial charge < -0.3 is 5.11 Å². The number of nitriles is 1. The Morgan fingerprint density at radius 1 is 1.41 bits per heavy atom. The van der Waals surface area contributed by atoms with Gasteiger partial charge in [0.25, 0.3) is 0 Å². The highest BCUT2D eigenvalue weighted by Crippen LogP contribution is 2.37. The number of aromatic nitrogens is 5. The zero-order chi connectivity index (χ0) is 19.0. The second-order valence-electron chi connectivity index (χ2n) is 6.73. The van der Waals surface area contributed by atoms with Crippen molar-refractivity contribution < 1.29 is 9.90 Å². The van der Waals surface area contributed by atoms with Crippen LogP contribution in [-0.2, 0) is 0 Å². The zero-order valence-electron chi connectivity index (χ0n) is 14.4. The largest absolute Gasteiger partial charge is 0.464 e. The van der Waals surface area contributed by atoms with Crippen LogP contribution in [-0.4, -0.2) is 35.5 Å². The lowest BCUT2D eigenvalue weighted by Gasteiger charge is -2.21. The third kappa shape index (κ3) is 3.15. The summed E-state index contributed by atoms with van der Waals surface area (Å²) in [6.45, 7) is 0. The predicted molar refractivity (Wildman–Crippen MR) is 98.4 cm³/mol. The summed E-state index contributed by atoms with van der Waals surface area (Å²) in [5.74, 6) is 0.444. The maximum atomic E-state index is 11.4. The number of rotatable bonds is 4. The summed E-state index contributed by atoms with van der Waals surface area (Å²) in [5, 5.41) is 23.5. The third-order valence-corrected chi connectivity index (χ3v) is 5.35. The number of nitrogens with zero attached hydrogens (tertiary/aromatic N) is 6. The molecule has 1 aliphatic rings. The minimum Gasteiger partial charge on any atom is -0.464 e. The lowest BCUT2D eigenvalue weighted by molar-refractivity contribution is 0.197. The molecule has 1 aliphatic carbocycles. The Balaban J connectivity index is 1.77. The first-order valence-electron chi connectivity index (χ1n) is 8.78. The van der Waals surface area contributed by atoms with Crippen molar-refractivity contribution in [2.75, 3.05) is 0 Å². The average Bonchev–Trinajstić information content (AvgIpc) is 3.38. The lowest BCUT2D eigenvalue weighted by Crippen LogP contribution is -2.17. The van der Waals surface area contributed by atoms with Crippen molar-refractivity contribution in [2.45, 2.75) is 38.1 Å². The summed E-state index contributed by atoms with van der Waals surface area (Å²) in [4.78, 5) is 19.7. The van der Waals surface area contributed by atoms with Gasteiger partial charge in [-0.15, -0.1) is 0 Å². The van der Waals surface area contributed by atoms with Crippen molar-refractivity contribution in [3.05, 3.63) is 29.9 Å². The van der Waals surface area contributed by atoms with E-state index in [4.69, 9.17) is 11.6 Å². The molecule has 0 spiro atoms. The first-order chi connectivity index (χ1) is 13.1. The molecule has 1 saturated carbocycles. The van der Waals surface area contributed by atoms with Gasteiger partial charge in [0.2, 0.25) is 5.28 Å². The quantitative estimate of drug-likeness (QED) is 0.677. The van der Waals surface area contributed by atoms with E-state index in [1.54, 1.807) is 12.3 Å². The molecule has 0 radical (unpaired) electrons. The van der Waals surface area contributed by atoms with Gasteiger partial charge in [0, 0.05) is 23.3 Å². The van der Waals surface area contributed by atoms with Gasteiger partial charge in [0.05, 0.1) is 30.4 Å². The third-order valence-electron chi connectivity index (χ3n) is 5.18. The SMILES string of the molecule is N#CC[C@@H](C1CCCC1)n1cc(-c2nc(Cl)nc3c2ccn3C(=O)O)cn1. The van der Waals surface area contributed by atoms with Crippen molar-refractivity contribution >= 4 is 28.7 Å². The molecule has 0 amide bonds. The highest BCUT2D eigenvalue weighted by Gasteiger charge is 2.27. The maximum absolute atomic E-state index is 11.4. The maximum Gasteiger partial charge on any atom is 0.417 e. The first-order valence-corrected chi connectivity index (χ1v) is 9.15. The molecule has 1 fully saturated rings. The van der Waals surface area contributed by atoms with Crippen LogP contribution in [0.4, 0.5) is 4.79 Å². The van der Waals surface area contributed by atoms with Crippen LogP contribution in [0.3, 0.4) is 0 Å². The van der Waals surface area contributed by atoms with Gasteiger partial charge in [-0.1, -0.05) is 12.8 Å². The molecule has 4 rings (SSSR count). The highest BCUT2D eigenvalue weighted by molar-refractivity contribution is 6.28. The fraction of sp³-hybridized carbons (Fsp3) is 0.389. The van der Waals surface area contributed by atoms with Crippen LogP contribution in [0, 0.1) is 17.2 Å². The second-order valence-corrected chi connectivity index (χ2v) is 7.07. The van der Waals surface area contributed by atoms with Crippen LogP contribution in [0.1, 0.15) is 38.1 Å². The molecule has 0 saturated heterocycles. The molecule has 1 atom stereocenters. The van der Waals surface area contributed by atoms with Crippen LogP contribution in [0.15, 0.2) is 24.7 Å². The Bertz CT molecular complexity index is 1040. The minimum atomic E-state index is -1.14. The van der Waals surface area contributed by atoms with E-state index in [2.05, 4.69) is 21.1 Å². The molecular formula is C18H17ClN6O2. The average molecular weight is 385 g/mol. The normalized spacial score (nSPS) is 15.9. The fourth-order valence-corrected chi connectivity index (χ4v) is 4.08. The van der Waals surface area contributed by atoms with Gasteiger partial charge in [-0.3, -0.25) is 4.68 Å². The Morgan fingerprint density at radius 2 is 2.19 bits per heavy atom. The lowest BCUT2D eigenvalue weighted by atomic mass is 9.96. The Kier molecular flexibility index (Phi) is 4.54. The van der Waals surface area contributed by atoms with Crippen molar-refractivity contribution in [3.8, 4) is 17.3 Å². The molecule has 3 heterocycles. The molecular weight excluding hydrogens is 368 g/mol. The Hall–Kier alpha value is -2.92. The molecule has 138 valence electrons. The number of carboxylic acid groups (broad SMARTS) is 1. The number of carbonyl (C=O) groups is 1. The zero-order valence-corrected chi connectivity index (χ0v) is 15.2. The predicted octanol–water partition coefficient (Wildman–Crippen LogP) is 4.12. The summed E-state index contributed by atoms with van der Waals surface area (Å²) in [7, 11) is 0. The fourth-order valence-electron chi connectivity index (χ4n) is 3.92. The standard InChI is InChI=1S/C18H17ClN6O2/c19-17-22-15(13-6-8-24(18(26)27)16(13)23-17)12-9-21-25(10-12)14(5-7-20)11-3-1-2-4-11/h6,8-11,14H,1-5H2,(H,26,27)/t14-/m0/s1. The molecule has 8 nitrogen and oxygen atoms in total. The first kappa shape index (κ1) is 17.5. The van der Waals surface area contributed by atoms with Gasteiger partial charge in [0.15, 0.2) is 5.65 Å². The minimum absolute atomic E-state index is 0.0302. The van der Waals surface area contributed by atoms with Crippen LogP contribution >= 0.6 is 11.6 Å². The molecule has 0 aliphatic heterocycles. The molecule has 3 aromatic rings. The summed E-state index contributed by atoms with van der Waals surface area (Å²) in [6, 6.07) is 3.95. The summed E-state index contributed by atoms with van der Waals surface area (Å²) >= 11 is 6.03. The van der Waals surface area contributed by atoms with E-state index in [-0.39, 0.29) is 17.0 Å². The van der Waals surface area contributed by atoms with E-state index in [0.29, 0.717) is 29.0 Å². The van der Waals surface area contributed by atoms with Gasteiger partial charge in [-0.25, -0.2) is 14.3 Å². The van der Waals surface area contributed by atoms with Crippen molar-refractivity contribution in [3.63, 3.8) is 0 Å². The van der Waals surface area contributed by atoms with E-state index in [1.165, 1.54) is 19.0 Å². The number of halogens is 1. The topological polar surface area (TPSA) is 110 Å². The Morgan fingerprint density at radius 3 is 2.89 bits per heavy atom. The number of hydrogen-bond acceptors (Lipinski definition) is 5. The molecule has 3 aromatic heterocycles. The van der Waals surface area contributed by atoms with Crippen molar-refractivity contribution in [1.29, 1.82) is 5.26 Å². The molecule has 0 unspecified atom stereocenters. The van der Waals surface area contributed by atoms with Gasteiger partial charge in [0.1, 0.15) is 0 Å². The highest BCUT2D eigenvalue weighted by atomic mass is 35.5. The Labute approximate surface area is 160 Å². The smallest absolute Gasteiger partial charge is 0.417 e. The monoisotopic (exact) mass is 384 g/mol. The van der Waals surface area contributed by atoms with E-state index in [9.17, 15) is 15.2 Å². The molecule has 1 N–H and O–H groups in total. The number of hydrogen-bond donors (Lipinski definition) is 1. The van der Waals surface area contributed by atoms with E-state index in [1.807, 2.05) is 10.9 Å². The molecule has 0 bridgehead atoms. The van der Waals surface area contributed by atoms with Crippen LogP contribution in [0.2, 0.25) is 5.28 Å². The van der Waals surface area contributed by atoms with Gasteiger partial charge in [-0.05, 0) is 36.4 Å². The summed E-state index contributed by atoms with van der Waals surface area (Å²) in [6.07, 6.45) is 8.80. The van der Waals surface area contributed by atoms with Gasteiger partial charge >= 0.3 is 6.09 Å². The van der Waals surface area contributed by atoms with Crippen LogP contribution < -0.4 is 0 Å². The van der Waals surface area contributed by atoms with Crippen LogP contribution in [0.25, 0.3) is 22.3 Å². The van der Waals surface area contributed by atoms with E-state index < -0.39 is 6.09 Å². The summed E-state index contributed by atoms with van der Waals surface area (Å²) < 4.78 is 2.85. The van der Waals surface area contributed by atoms with E-state index in [0.717, 1.165) is 17.4 Å². The van der Waals surface area contributed by atoms with E-state index >= 15 is 0 Å². The molecule has 27 heavy (non-hydrogen) atoms. The van der Waals surface area contributed by atoms with Crippen molar-refractivity contribution in [1.82, 2.24) is 24.3 Å². The number of fused-ring (bicyclic) bond motifs is 1.